The van der Waals surface area contributed by atoms with E-state index in [0.29, 0.717) is 5.69 Å². The van der Waals surface area contributed by atoms with E-state index in [-0.39, 0.29) is 12.5 Å². The summed E-state index contributed by atoms with van der Waals surface area (Å²) in [6.45, 7) is -0.155. The molecule has 0 saturated heterocycles. The molecule has 26 heavy (non-hydrogen) atoms. The summed E-state index contributed by atoms with van der Waals surface area (Å²) < 4.78 is 1.88. The Balaban J connectivity index is 1.65. The van der Waals surface area contributed by atoms with Crippen molar-refractivity contribution in [3.63, 3.8) is 0 Å². The molecule has 1 aliphatic carbocycles. The number of para-hydroxylation sites is 1. The van der Waals surface area contributed by atoms with Crippen LogP contribution in [0.25, 0.3) is 5.69 Å². The van der Waals surface area contributed by atoms with Gasteiger partial charge >= 0.3 is 0 Å². The number of benzene rings is 2. The lowest BCUT2D eigenvalue weighted by Gasteiger charge is -2.16. The molecule has 4 rings (SSSR count). The Bertz CT molecular complexity index is 904. The van der Waals surface area contributed by atoms with Crippen LogP contribution in [0, 0.1) is 0 Å². The second-order valence-corrected chi connectivity index (χ2v) is 6.49. The average Bonchev–Trinajstić information content (AvgIpc) is 3.30. The molecule has 0 aliphatic heterocycles. The van der Waals surface area contributed by atoms with Gasteiger partial charge in [-0.05, 0) is 37.0 Å². The first-order valence-electron chi connectivity index (χ1n) is 8.91. The molecule has 0 spiro atoms. The van der Waals surface area contributed by atoms with E-state index < -0.39 is 6.04 Å². The number of nitrogens with zero attached hydrogens (tertiary/aromatic N) is 2. The number of hydrogen-bond acceptors (Lipinski definition) is 3. The lowest BCUT2D eigenvalue weighted by molar-refractivity contribution is 0.0909. The first kappa shape index (κ1) is 16.5. The van der Waals surface area contributed by atoms with E-state index in [2.05, 4.69) is 10.4 Å². The molecule has 2 aromatic carbocycles. The number of fused-ring (bicyclic) bond motifs is 1. The topological polar surface area (TPSA) is 67.2 Å². The van der Waals surface area contributed by atoms with Crippen LogP contribution in [0.15, 0.2) is 60.7 Å². The number of carbonyl (C=O) groups excluding carboxylic acids is 1. The third-order valence-electron chi connectivity index (χ3n) is 4.84. The molecule has 2 N–H and O–H groups in total. The van der Waals surface area contributed by atoms with Gasteiger partial charge in [-0.2, -0.15) is 5.10 Å². The Labute approximate surface area is 152 Å². The van der Waals surface area contributed by atoms with Gasteiger partial charge < -0.3 is 10.4 Å². The maximum Gasteiger partial charge on any atom is 0.272 e. The molecule has 5 nitrogen and oxygen atoms in total. The van der Waals surface area contributed by atoms with E-state index in [9.17, 15) is 9.90 Å². The summed E-state index contributed by atoms with van der Waals surface area (Å²) in [5.41, 5.74) is 4.45. The van der Waals surface area contributed by atoms with E-state index in [0.717, 1.165) is 41.8 Å². The smallest absolute Gasteiger partial charge is 0.272 e. The Morgan fingerprint density at radius 3 is 2.46 bits per heavy atom. The minimum atomic E-state index is -0.442. The predicted octanol–water partition coefficient (Wildman–Crippen LogP) is 2.82. The highest BCUT2D eigenvalue weighted by molar-refractivity contribution is 5.94. The standard InChI is InChI=1S/C21H21N3O2/c25-14-18(15-8-3-1-4-9-15)22-21(26)20-17-12-7-13-19(17)24(23-20)16-10-5-2-6-11-16/h1-6,8-11,18,25H,7,12-14H2,(H,22,26). The van der Waals surface area contributed by atoms with Gasteiger partial charge in [0.25, 0.3) is 5.91 Å². The minimum absolute atomic E-state index is 0.155. The summed E-state index contributed by atoms with van der Waals surface area (Å²) in [5.74, 6) is -0.235. The number of carbonyl (C=O) groups is 1. The molecule has 3 aromatic rings. The van der Waals surface area contributed by atoms with E-state index in [1.165, 1.54) is 0 Å². The van der Waals surface area contributed by atoms with Crippen LogP contribution in [-0.2, 0) is 12.8 Å². The molecule has 1 heterocycles. The minimum Gasteiger partial charge on any atom is -0.394 e. The number of rotatable bonds is 5. The van der Waals surface area contributed by atoms with Gasteiger partial charge in [0.05, 0.1) is 18.3 Å². The SMILES string of the molecule is O=C(NC(CO)c1ccccc1)c1nn(-c2ccccc2)c2c1CCC2. The third-order valence-corrected chi connectivity index (χ3v) is 4.84. The maximum atomic E-state index is 12.9. The Morgan fingerprint density at radius 2 is 1.77 bits per heavy atom. The molecule has 0 bridgehead atoms. The van der Waals surface area contributed by atoms with Gasteiger partial charge in [-0.15, -0.1) is 0 Å². The zero-order chi connectivity index (χ0) is 17.9. The molecule has 0 saturated carbocycles. The van der Waals surface area contributed by atoms with Crippen molar-refractivity contribution in [2.45, 2.75) is 25.3 Å². The van der Waals surface area contributed by atoms with Crippen LogP contribution in [0.3, 0.4) is 0 Å². The number of aromatic nitrogens is 2. The van der Waals surface area contributed by atoms with Gasteiger partial charge in [-0.3, -0.25) is 4.79 Å². The van der Waals surface area contributed by atoms with Crippen molar-refractivity contribution in [2.24, 2.45) is 0 Å². The van der Waals surface area contributed by atoms with Crippen molar-refractivity contribution in [2.75, 3.05) is 6.61 Å². The van der Waals surface area contributed by atoms with Crippen molar-refractivity contribution in [3.8, 4) is 5.69 Å². The molecule has 1 amide bonds. The maximum absolute atomic E-state index is 12.9. The molecule has 5 heteroatoms. The van der Waals surface area contributed by atoms with Crippen molar-refractivity contribution in [1.82, 2.24) is 15.1 Å². The van der Waals surface area contributed by atoms with Gasteiger partial charge in [-0.25, -0.2) is 4.68 Å². The number of hydrogen-bond donors (Lipinski definition) is 2. The van der Waals surface area contributed by atoms with Crippen molar-refractivity contribution < 1.29 is 9.90 Å². The second kappa shape index (κ2) is 7.14. The largest absolute Gasteiger partial charge is 0.394 e. The highest BCUT2D eigenvalue weighted by Gasteiger charge is 2.28. The molecule has 132 valence electrons. The highest BCUT2D eigenvalue weighted by atomic mass is 16.3. The van der Waals surface area contributed by atoms with Crippen LogP contribution in [0.1, 0.15) is 39.8 Å². The van der Waals surface area contributed by atoms with Crippen LogP contribution < -0.4 is 5.32 Å². The number of aliphatic hydroxyl groups excluding tert-OH is 1. The molecular formula is C21H21N3O2. The Hall–Kier alpha value is -2.92. The van der Waals surface area contributed by atoms with Gasteiger partial charge in [0, 0.05) is 11.3 Å². The normalized spacial score (nSPS) is 14.0. The fraction of sp³-hybridized carbons (Fsp3) is 0.238. The van der Waals surface area contributed by atoms with Gasteiger partial charge in [-0.1, -0.05) is 48.5 Å². The quantitative estimate of drug-likeness (QED) is 0.746. The summed E-state index contributed by atoms with van der Waals surface area (Å²) in [6, 6.07) is 18.9. The van der Waals surface area contributed by atoms with Gasteiger partial charge in [0.15, 0.2) is 5.69 Å². The Kier molecular flexibility index (Phi) is 4.54. The van der Waals surface area contributed by atoms with Crippen LogP contribution in [0.2, 0.25) is 0 Å². The number of nitrogens with one attached hydrogen (secondary N) is 1. The van der Waals surface area contributed by atoms with E-state index in [1.54, 1.807) is 0 Å². The fourth-order valence-corrected chi connectivity index (χ4v) is 3.55. The predicted molar refractivity (Wildman–Crippen MR) is 99.3 cm³/mol. The van der Waals surface area contributed by atoms with Crippen LogP contribution in [0.5, 0.6) is 0 Å². The summed E-state index contributed by atoms with van der Waals surface area (Å²) >= 11 is 0. The van der Waals surface area contributed by atoms with Gasteiger partial charge in [0.2, 0.25) is 0 Å². The second-order valence-electron chi connectivity index (χ2n) is 6.49. The molecular weight excluding hydrogens is 326 g/mol. The molecule has 0 fully saturated rings. The summed E-state index contributed by atoms with van der Waals surface area (Å²) in [6.07, 6.45) is 2.81. The van der Waals surface area contributed by atoms with Crippen molar-refractivity contribution >= 4 is 5.91 Å². The van der Waals surface area contributed by atoms with Crippen molar-refractivity contribution in [1.29, 1.82) is 0 Å². The Morgan fingerprint density at radius 1 is 1.08 bits per heavy atom. The van der Waals surface area contributed by atoms with Gasteiger partial charge in [0.1, 0.15) is 0 Å². The lowest BCUT2D eigenvalue weighted by Crippen LogP contribution is -2.31. The first-order valence-corrected chi connectivity index (χ1v) is 8.91. The monoisotopic (exact) mass is 347 g/mol. The van der Waals surface area contributed by atoms with Crippen molar-refractivity contribution in [3.05, 3.63) is 83.2 Å². The third kappa shape index (κ3) is 3.02. The van der Waals surface area contributed by atoms with E-state index in [4.69, 9.17) is 0 Å². The summed E-state index contributed by atoms with van der Waals surface area (Å²) in [5, 5.41) is 17.2. The molecule has 1 atom stereocenters. The molecule has 1 aliphatic rings. The summed E-state index contributed by atoms with van der Waals surface area (Å²) in [4.78, 5) is 12.9. The fourth-order valence-electron chi connectivity index (χ4n) is 3.55. The zero-order valence-electron chi connectivity index (χ0n) is 14.4. The number of amides is 1. The first-order chi connectivity index (χ1) is 12.8. The lowest BCUT2D eigenvalue weighted by atomic mass is 10.1. The van der Waals surface area contributed by atoms with Crippen LogP contribution in [-0.4, -0.2) is 27.4 Å². The molecule has 1 unspecified atom stereocenters. The molecule has 1 aromatic heterocycles. The molecule has 0 radical (unpaired) electrons. The average molecular weight is 347 g/mol. The highest BCUT2D eigenvalue weighted by Crippen LogP contribution is 2.28. The summed E-state index contributed by atoms with van der Waals surface area (Å²) in [7, 11) is 0. The van der Waals surface area contributed by atoms with Crippen LogP contribution in [0.4, 0.5) is 0 Å². The van der Waals surface area contributed by atoms with E-state index in [1.807, 2.05) is 65.3 Å². The number of aliphatic hydroxyl groups is 1. The zero-order valence-corrected chi connectivity index (χ0v) is 14.4. The van der Waals surface area contributed by atoms with E-state index >= 15 is 0 Å². The van der Waals surface area contributed by atoms with Crippen LogP contribution >= 0.6 is 0 Å².